The Hall–Kier alpha value is -2.53. The molecule has 1 atom stereocenters. The van der Waals surface area contributed by atoms with E-state index in [2.05, 4.69) is 5.32 Å². The third-order valence-corrected chi connectivity index (χ3v) is 3.35. The van der Waals surface area contributed by atoms with E-state index in [-0.39, 0.29) is 13.0 Å². The lowest BCUT2D eigenvalue weighted by Gasteiger charge is -2.15. The van der Waals surface area contributed by atoms with Gasteiger partial charge in [-0.2, -0.15) is 0 Å². The van der Waals surface area contributed by atoms with Crippen molar-refractivity contribution < 1.29 is 19.4 Å². The van der Waals surface area contributed by atoms with E-state index < -0.39 is 17.9 Å². The maximum atomic E-state index is 11.9. The summed E-state index contributed by atoms with van der Waals surface area (Å²) in [4.78, 5) is 23.1. The van der Waals surface area contributed by atoms with Gasteiger partial charge in [0.1, 0.15) is 11.8 Å². The summed E-state index contributed by atoms with van der Waals surface area (Å²) in [5, 5.41) is 12.3. The van der Waals surface area contributed by atoms with Crippen molar-refractivity contribution in [2.24, 2.45) is 0 Å². The second kappa shape index (κ2) is 8.19. The fourth-order valence-electron chi connectivity index (χ4n) is 1.97. The van der Waals surface area contributed by atoms with Gasteiger partial charge in [0.25, 0.3) is 5.91 Å². The van der Waals surface area contributed by atoms with Crippen LogP contribution in [-0.2, 0) is 16.0 Å². The Kier molecular flexibility index (Phi) is 6.00. The van der Waals surface area contributed by atoms with Crippen LogP contribution in [0.25, 0.3) is 0 Å². The summed E-state index contributed by atoms with van der Waals surface area (Å²) in [7, 11) is 0. The molecule has 2 rings (SSSR count). The first-order chi connectivity index (χ1) is 11.0. The van der Waals surface area contributed by atoms with Crippen LogP contribution in [0.1, 0.15) is 5.56 Å². The number of carboxylic acid groups (broad SMARTS) is 1. The van der Waals surface area contributed by atoms with Crippen molar-refractivity contribution in [1.82, 2.24) is 5.32 Å². The summed E-state index contributed by atoms with van der Waals surface area (Å²) in [5.74, 6) is -1.10. The minimum absolute atomic E-state index is 0.211. The molecule has 0 heterocycles. The molecular weight excluding hydrogens is 318 g/mol. The minimum atomic E-state index is -1.09. The molecule has 6 heteroatoms. The molecule has 0 radical (unpaired) electrons. The highest BCUT2D eigenvalue weighted by atomic mass is 35.5. The molecule has 0 spiro atoms. The molecule has 0 aliphatic rings. The Bertz CT molecular complexity index is 658. The van der Waals surface area contributed by atoms with Crippen molar-refractivity contribution in [2.75, 3.05) is 6.61 Å². The highest BCUT2D eigenvalue weighted by molar-refractivity contribution is 6.30. The van der Waals surface area contributed by atoms with E-state index in [0.29, 0.717) is 10.8 Å². The van der Waals surface area contributed by atoms with Gasteiger partial charge in [-0.25, -0.2) is 4.79 Å². The molecular formula is C17H16ClNO4. The average Bonchev–Trinajstić information content (AvgIpc) is 2.54. The van der Waals surface area contributed by atoms with Gasteiger partial charge in [-0.05, 0) is 29.8 Å². The highest BCUT2D eigenvalue weighted by Crippen LogP contribution is 2.15. The molecule has 0 saturated heterocycles. The van der Waals surface area contributed by atoms with Gasteiger partial charge in [-0.3, -0.25) is 4.79 Å². The van der Waals surface area contributed by atoms with Crippen LogP contribution in [0.4, 0.5) is 0 Å². The molecule has 2 aromatic rings. The lowest BCUT2D eigenvalue weighted by molar-refractivity contribution is -0.142. The Morgan fingerprint density at radius 1 is 1.09 bits per heavy atom. The van der Waals surface area contributed by atoms with Crippen LogP contribution < -0.4 is 10.1 Å². The summed E-state index contributed by atoms with van der Waals surface area (Å²) in [6.45, 7) is -0.264. The minimum Gasteiger partial charge on any atom is -0.484 e. The van der Waals surface area contributed by atoms with E-state index in [4.69, 9.17) is 16.3 Å². The molecule has 0 aliphatic heterocycles. The summed E-state index contributed by atoms with van der Waals surface area (Å²) in [6, 6.07) is 14.7. The van der Waals surface area contributed by atoms with Crippen LogP contribution in [-0.4, -0.2) is 29.6 Å². The number of carboxylic acids is 1. The maximum Gasteiger partial charge on any atom is 0.326 e. The zero-order chi connectivity index (χ0) is 16.7. The molecule has 1 amide bonds. The maximum absolute atomic E-state index is 11.9. The molecule has 2 aromatic carbocycles. The second-order valence-electron chi connectivity index (χ2n) is 4.89. The van der Waals surface area contributed by atoms with E-state index in [1.54, 1.807) is 24.3 Å². The van der Waals surface area contributed by atoms with Gasteiger partial charge in [0.15, 0.2) is 6.61 Å². The molecule has 23 heavy (non-hydrogen) atoms. The summed E-state index contributed by atoms with van der Waals surface area (Å²) >= 11 is 5.75. The molecule has 0 bridgehead atoms. The number of halogens is 1. The van der Waals surface area contributed by atoms with Crippen molar-refractivity contribution in [3.8, 4) is 5.75 Å². The molecule has 0 aromatic heterocycles. The monoisotopic (exact) mass is 333 g/mol. The zero-order valence-corrected chi connectivity index (χ0v) is 13.0. The predicted octanol–water partition coefficient (Wildman–Crippen LogP) is 2.53. The van der Waals surface area contributed by atoms with E-state index in [0.717, 1.165) is 5.56 Å². The third-order valence-electron chi connectivity index (χ3n) is 3.10. The number of aliphatic carboxylic acids is 1. The topological polar surface area (TPSA) is 75.6 Å². The normalized spacial score (nSPS) is 11.5. The second-order valence-corrected chi connectivity index (χ2v) is 5.33. The van der Waals surface area contributed by atoms with Crippen LogP contribution in [0.5, 0.6) is 5.75 Å². The van der Waals surface area contributed by atoms with Crippen molar-refractivity contribution in [2.45, 2.75) is 12.5 Å². The molecule has 120 valence electrons. The van der Waals surface area contributed by atoms with Gasteiger partial charge in [0.2, 0.25) is 0 Å². The summed E-state index contributed by atoms with van der Waals surface area (Å²) in [5.41, 5.74) is 0.832. The van der Waals surface area contributed by atoms with Crippen LogP contribution in [0, 0.1) is 0 Å². The largest absolute Gasteiger partial charge is 0.484 e. The number of hydrogen-bond acceptors (Lipinski definition) is 3. The molecule has 1 unspecified atom stereocenters. The number of rotatable bonds is 7. The van der Waals surface area contributed by atoms with Crippen molar-refractivity contribution in [3.63, 3.8) is 0 Å². The quantitative estimate of drug-likeness (QED) is 0.816. The Morgan fingerprint density at radius 2 is 1.74 bits per heavy atom. The highest BCUT2D eigenvalue weighted by Gasteiger charge is 2.20. The van der Waals surface area contributed by atoms with Gasteiger partial charge in [-0.1, -0.05) is 41.9 Å². The fourth-order valence-corrected chi connectivity index (χ4v) is 2.09. The average molecular weight is 334 g/mol. The van der Waals surface area contributed by atoms with Gasteiger partial charge in [0.05, 0.1) is 0 Å². The standard InChI is InChI=1S/C17H16ClNO4/c18-13-6-8-14(9-7-13)23-11-16(20)19-15(17(21)22)10-12-4-2-1-3-5-12/h1-9,15H,10-11H2,(H,19,20)(H,21,22). The van der Waals surface area contributed by atoms with Gasteiger partial charge in [0, 0.05) is 11.4 Å². The number of carbonyl (C=O) groups is 2. The zero-order valence-electron chi connectivity index (χ0n) is 12.2. The lowest BCUT2D eigenvalue weighted by Crippen LogP contribution is -2.44. The van der Waals surface area contributed by atoms with Crippen LogP contribution >= 0.6 is 11.6 Å². The molecule has 0 saturated carbocycles. The van der Waals surface area contributed by atoms with E-state index in [9.17, 15) is 14.7 Å². The fraction of sp³-hybridized carbons (Fsp3) is 0.176. The molecule has 2 N–H and O–H groups in total. The van der Waals surface area contributed by atoms with Gasteiger partial charge >= 0.3 is 5.97 Å². The SMILES string of the molecule is O=C(COc1ccc(Cl)cc1)NC(Cc1ccccc1)C(=O)O. The number of hydrogen-bond donors (Lipinski definition) is 2. The Balaban J connectivity index is 1.88. The first-order valence-electron chi connectivity index (χ1n) is 6.99. The molecule has 0 fully saturated rings. The van der Waals surface area contributed by atoms with Crippen molar-refractivity contribution in [1.29, 1.82) is 0 Å². The summed E-state index contributed by atoms with van der Waals surface area (Å²) in [6.07, 6.45) is 0.211. The van der Waals surface area contributed by atoms with E-state index in [1.165, 1.54) is 0 Å². The number of nitrogens with one attached hydrogen (secondary N) is 1. The number of benzene rings is 2. The van der Waals surface area contributed by atoms with Crippen LogP contribution in [0.3, 0.4) is 0 Å². The number of ether oxygens (including phenoxy) is 1. The first kappa shape index (κ1) is 16.8. The first-order valence-corrected chi connectivity index (χ1v) is 7.37. The van der Waals surface area contributed by atoms with Gasteiger partial charge in [-0.15, -0.1) is 0 Å². The number of amides is 1. The lowest BCUT2D eigenvalue weighted by atomic mass is 10.1. The van der Waals surface area contributed by atoms with Crippen LogP contribution in [0.15, 0.2) is 54.6 Å². The van der Waals surface area contributed by atoms with E-state index >= 15 is 0 Å². The molecule has 5 nitrogen and oxygen atoms in total. The molecule has 0 aliphatic carbocycles. The Labute approximate surface area is 138 Å². The van der Waals surface area contributed by atoms with Crippen molar-refractivity contribution >= 4 is 23.5 Å². The third kappa shape index (κ3) is 5.64. The smallest absolute Gasteiger partial charge is 0.326 e. The Morgan fingerprint density at radius 3 is 2.35 bits per heavy atom. The van der Waals surface area contributed by atoms with Gasteiger partial charge < -0.3 is 15.2 Å². The number of carbonyl (C=O) groups excluding carboxylic acids is 1. The summed E-state index contributed by atoms with van der Waals surface area (Å²) < 4.78 is 5.29. The predicted molar refractivity (Wildman–Crippen MR) is 86.7 cm³/mol. The van der Waals surface area contributed by atoms with Crippen LogP contribution in [0.2, 0.25) is 5.02 Å². The van der Waals surface area contributed by atoms with E-state index in [1.807, 2.05) is 30.3 Å². The van der Waals surface area contributed by atoms with Crippen molar-refractivity contribution in [3.05, 3.63) is 65.2 Å².